The lowest BCUT2D eigenvalue weighted by atomic mass is 9.93. The molecule has 3 nitrogen and oxygen atoms in total. The first-order valence-corrected chi connectivity index (χ1v) is 8.38. The van der Waals surface area contributed by atoms with Crippen molar-refractivity contribution < 1.29 is 0 Å². The molecule has 1 saturated carbocycles. The summed E-state index contributed by atoms with van der Waals surface area (Å²) in [7, 11) is 2.08. The van der Waals surface area contributed by atoms with Crippen LogP contribution in [0.5, 0.6) is 0 Å². The zero-order chi connectivity index (χ0) is 13.8. The van der Waals surface area contributed by atoms with Crippen molar-refractivity contribution in [2.45, 2.75) is 58.5 Å². The third kappa shape index (κ3) is 3.22. The van der Waals surface area contributed by atoms with Gasteiger partial charge in [-0.2, -0.15) is 5.10 Å². The van der Waals surface area contributed by atoms with E-state index in [0.717, 1.165) is 29.3 Å². The van der Waals surface area contributed by atoms with E-state index in [-0.39, 0.29) is 0 Å². The highest BCUT2D eigenvalue weighted by Crippen LogP contribution is 2.41. The predicted molar refractivity (Wildman–Crippen MR) is 83.1 cm³/mol. The van der Waals surface area contributed by atoms with E-state index < -0.39 is 0 Å². The fourth-order valence-corrected chi connectivity index (χ4v) is 4.00. The topological polar surface area (TPSA) is 29.9 Å². The summed E-state index contributed by atoms with van der Waals surface area (Å²) in [6.45, 7) is 5.53. The van der Waals surface area contributed by atoms with Gasteiger partial charge in [0.1, 0.15) is 0 Å². The summed E-state index contributed by atoms with van der Waals surface area (Å²) < 4.78 is 3.32. The lowest BCUT2D eigenvalue weighted by molar-refractivity contribution is 0.349. The highest BCUT2D eigenvalue weighted by Gasteiger charge is 2.32. The van der Waals surface area contributed by atoms with Crippen molar-refractivity contribution in [1.29, 1.82) is 0 Å². The second-order valence-electron chi connectivity index (χ2n) is 5.71. The Kier molecular flexibility index (Phi) is 5.46. The van der Waals surface area contributed by atoms with Gasteiger partial charge in [-0.1, -0.05) is 26.7 Å². The maximum atomic E-state index is 4.51. The van der Waals surface area contributed by atoms with Crippen molar-refractivity contribution in [2.75, 3.05) is 7.05 Å². The van der Waals surface area contributed by atoms with Crippen LogP contribution < -0.4 is 5.32 Å². The summed E-state index contributed by atoms with van der Waals surface area (Å²) in [6.07, 6.45) is 8.47. The number of aromatic nitrogens is 2. The Morgan fingerprint density at radius 2 is 2.26 bits per heavy atom. The van der Waals surface area contributed by atoms with E-state index in [1.54, 1.807) is 0 Å². The van der Waals surface area contributed by atoms with Crippen molar-refractivity contribution >= 4 is 15.9 Å². The summed E-state index contributed by atoms with van der Waals surface area (Å²) in [6, 6.07) is 0.431. The van der Waals surface area contributed by atoms with Crippen LogP contribution in [-0.2, 0) is 6.54 Å². The van der Waals surface area contributed by atoms with Gasteiger partial charge < -0.3 is 5.32 Å². The molecular formula is C15H26BrN3. The van der Waals surface area contributed by atoms with E-state index >= 15 is 0 Å². The van der Waals surface area contributed by atoms with E-state index in [1.807, 2.05) is 6.20 Å². The first-order chi connectivity index (χ1) is 9.21. The van der Waals surface area contributed by atoms with Crippen LogP contribution >= 0.6 is 15.9 Å². The molecule has 0 saturated heterocycles. The molecule has 0 aromatic carbocycles. The zero-order valence-corrected chi connectivity index (χ0v) is 13.9. The van der Waals surface area contributed by atoms with Gasteiger partial charge in [0.25, 0.3) is 0 Å². The molecule has 3 atom stereocenters. The van der Waals surface area contributed by atoms with Crippen molar-refractivity contribution in [2.24, 2.45) is 11.8 Å². The number of nitrogens with zero attached hydrogens (tertiary/aromatic N) is 2. The molecule has 1 N–H and O–H groups in total. The number of rotatable bonds is 6. The number of hydrogen-bond donors (Lipinski definition) is 1. The summed E-state index contributed by atoms with van der Waals surface area (Å²) in [5.74, 6) is 1.67. The van der Waals surface area contributed by atoms with E-state index in [0.29, 0.717) is 6.04 Å². The van der Waals surface area contributed by atoms with E-state index in [9.17, 15) is 0 Å². The minimum Gasteiger partial charge on any atom is -0.311 e. The minimum atomic E-state index is 0.431. The first-order valence-electron chi connectivity index (χ1n) is 7.59. The monoisotopic (exact) mass is 327 g/mol. The number of hydrogen-bond acceptors (Lipinski definition) is 2. The molecule has 0 bridgehead atoms. The van der Waals surface area contributed by atoms with Gasteiger partial charge in [0.15, 0.2) is 0 Å². The summed E-state index contributed by atoms with van der Waals surface area (Å²) in [4.78, 5) is 0. The average Bonchev–Trinajstić information content (AvgIpc) is 3.01. The van der Waals surface area contributed by atoms with Gasteiger partial charge in [-0.15, -0.1) is 0 Å². The minimum absolute atomic E-state index is 0.431. The standard InChI is InChI=1S/C15H26BrN3/c1-4-8-19-15(13(16)10-18-19)14(17-3)12-7-6-11(5-2)9-12/h10-12,14,17H,4-9H2,1-3H3. The highest BCUT2D eigenvalue weighted by molar-refractivity contribution is 9.10. The Hall–Kier alpha value is -0.350. The zero-order valence-electron chi connectivity index (χ0n) is 12.3. The number of aryl methyl sites for hydroxylation is 1. The fraction of sp³-hybridized carbons (Fsp3) is 0.800. The Morgan fingerprint density at radius 3 is 2.84 bits per heavy atom. The largest absolute Gasteiger partial charge is 0.311 e. The molecule has 2 rings (SSSR count). The summed E-state index contributed by atoms with van der Waals surface area (Å²) >= 11 is 3.68. The quantitative estimate of drug-likeness (QED) is 0.850. The second kappa shape index (κ2) is 6.89. The summed E-state index contributed by atoms with van der Waals surface area (Å²) in [5.41, 5.74) is 1.34. The Morgan fingerprint density at radius 1 is 1.47 bits per heavy atom. The van der Waals surface area contributed by atoms with Crippen LogP contribution in [0.1, 0.15) is 57.7 Å². The SMILES string of the molecule is CCCn1ncc(Br)c1C(NC)C1CCC(CC)C1. The normalized spacial score (nSPS) is 24.8. The lowest BCUT2D eigenvalue weighted by Gasteiger charge is -2.25. The lowest BCUT2D eigenvalue weighted by Crippen LogP contribution is -2.27. The van der Waals surface area contributed by atoms with Gasteiger partial charge in [0, 0.05) is 6.54 Å². The van der Waals surface area contributed by atoms with Crippen LogP contribution in [0.3, 0.4) is 0 Å². The van der Waals surface area contributed by atoms with E-state index in [2.05, 4.69) is 51.9 Å². The number of halogens is 1. The first kappa shape index (κ1) is 15.0. The molecule has 1 aliphatic rings. The molecular weight excluding hydrogens is 302 g/mol. The third-order valence-electron chi connectivity index (χ3n) is 4.50. The van der Waals surface area contributed by atoms with Crippen molar-refractivity contribution in [1.82, 2.24) is 15.1 Å². The number of nitrogens with one attached hydrogen (secondary N) is 1. The van der Waals surface area contributed by atoms with Crippen molar-refractivity contribution in [3.8, 4) is 0 Å². The molecule has 0 spiro atoms. The van der Waals surface area contributed by atoms with Crippen LogP contribution in [0.25, 0.3) is 0 Å². The molecule has 4 heteroatoms. The van der Waals surface area contributed by atoms with E-state index in [1.165, 1.54) is 31.4 Å². The molecule has 3 unspecified atom stereocenters. The highest BCUT2D eigenvalue weighted by atomic mass is 79.9. The van der Waals surface area contributed by atoms with Gasteiger partial charge in [-0.25, -0.2) is 0 Å². The van der Waals surface area contributed by atoms with Gasteiger partial charge in [-0.3, -0.25) is 4.68 Å². The Balaban J connectivity index is 2.19. The summed E-state index contributed by atoms with van der Waals surface area (Å²) in [5, 5.41) is 8.05. The van der Waals surface area contributed by atoms with Crippen molar-refractivity contribution in [3.63, 3.8) is 0 Å². The molecule has 108 valence electrons. The molecule has 0 radical (unpaired) electrons. The maximum absolute atomic E-state index is 4.51. The van der Waals surface area contributed by atoms with Crippen LogP contribution in [0, 0.1) is 11.8 Å². The molecule has 0 aliphatic heterocycles. The van der Waals surface area contributed by atoms with Crippen LogP contribution in [0.15, 0.2) is 10.7 Å². The molecule has 1 aliphatic carbocycles. The Bertz CT molecular complexity index is 402. The molecule has 1 fully saturated rings. The average molecular weight is 328 g/mol. The second-order valence-corrected chi connectivity index (χ2v) is 6.57. The van der Waals surface area contributed by atoms with Crippen molar-refractivity contribution in [3.05, 3.63) is 16.4 Å². The maximum Gasteiger partial charge on any atom is 0.0698 e. The van der Waals surface area contributed by atoms with Gasteiger partial charge in [0.2, 0.25) is 0 Å². The van der Waals surface area contributed by atoms with Gasteiger partial charge in [-0.05, 0) is 54.1 Å². The smallest absolute Gasteiger partial charge is 0.0698 e. The van der Waals surface area contributed by atoms with Crippen LogP contribution in [0.4, 0.5) is 0 Å². The van der Waals surface area contributed by atoms with Crippen LogP contribution in [0.2, 0.25) is 0 Å². The fourth-order valence-electron chi connectivity index (χ4n) is 3.45. The molecule has 1 aromatic heterocycles. The Labute approximate surface area is 125 Å². The molecule has 1 heterocycles. The van der Waals surface area contributed by atoms with Crippen LogP contribution in [-0.4, -0.2) is 16.8 Å². The molecule has 1 aromatic rings. The van der Waals surface area contributed by atoms with E-state index in [4.69, 9.17) is 0 Å². The van der Waals surface area contributed by atoms with Gasteiger partial charge >= 0.3 is 0 Å². The molecule has 19 heavy (non-hydrogen) atoms. The predicted octanol–water partition coefficient (Wildman–Crippen LogP) is 4.14. The third-order valence-corrected chi connectivity index (χ3v) is 5.12. The van der Waals surface area contributed by atoms with Gasteiger partial charge in [0.05, 0.1) is 22.4 Å². The molecule has 0 amide bonds.